The van der Waals surface area contributed by atoms with Gasteiger partial charge in [-0.25, -0.2) is 0 Å². The van der Waals surface area contributed by atoms with Crippen molar-refractivity contribution in [1.82, 2.24) is 0 Å². The molecule has 1 atom stereocenters. The molecule has 96 valence electrons. The number of carbonyl (C=O) groups excluding carboxylic acids is 1. The van der Waals surface area contributed by atoms with Crippen LogP contribution in [0.25, 0.3) is 10.1 Å². The zero-order valence-corrected chi connectivity index (χ0v) is 11.5. The van der Waals surface area contributed by atoms with Crippen LogP contribution in [0.3, 0.4) is 0 Å². The third-order valence-corrected chi connectivity index (χ3v) is 3.90. The molecule has 2 aromatic rings. The molecule has 0 fully saturated rings. The van der Waals surface area contributed by atoms with Crippen LogP contribution in [-0.2, 0) is 4.79 Å². The van der Waals surface area contributed by atoms with Crippen molar-refractivity contribution in [3.63, 3.8) is 0 Å². The molecule has 1 amide bonds. The standard InChI is InChI=1S/C14H18N2OS/c1-3-7-14(2,15)13(17)16-11-4-5-12-10(9-11)6-8-18-12/h4-6,8-9H,3,7,15H2,1-2H3,(H,16,17). The molecular weight excluding hydrogens is 244 g/mol. The van der Waals surface area contributed by atoms with E-state index in [-0.39, 0.29) is 5.91 Å². The van der Waals surface area contributed by atoms with E-state index in [0.717, 1.165) is 17.5 Å². The quantitative estimate of drug-likeness (QED) is 0.887. The number of fused-ring (bicyclic) bond motifs is 1. The van der Waals surface area contributed by atoms with Crippen LogP contribution in [0.4, 0.5) is 5.69 Å². The van der Waals surface area contributed by atoms with Gasteiger partial charge >= 0.3 is 0 Å². The lowest BCUT2D eigenvalue weighted by molar-refractivity contribution is -0.120. The first kappa shape index (κ1) is 13.1. The summed E-state index contributed by atoms with van der Waals surface area (Å²) in [6, 6.07) is 7.96. The maximum absolute atomic E-state index is 12.1. The second kappa shape index (κ2) is 5.08. The number of hydrogen-bond acceptors (Lipinski definition) is 3. The molecule has 1 heterocycles. The molecule has 1 aromatic heterocycles. The Morgan fingerprint density at radius 2 is 2.22 bits per heavy atom. The minimum absolute atomic E-state index is 0.126. The van der Waals surface area contributed by atoms with Crippen LogP contribution >= 0.6 is 11.3 Å². The van der Waals surface area contributed by atoms with Gasteiger partial charge in [-0.3, -0.25) is 4.79 Å². The first-order valence-corrected chi connectivity index (χ1v) is 6.98. The van der Waals surface area contributed by atoms with Gasteiger partial charge in [-0.2, -0.15) is 0 Å². The van der Waals surface area contributed by atoms with E-state index in [2.05, 4.69) is 5.32 Å². The van der Waals surface area contributed by atoms with E-state index in [1.54, 1.807) is 18.3 Å². The third kappa shape index (κ3) is 2.71. The molecule has 0 saturated heterocycles. The minimum atomic E-state index is -0.807. The van der Waals surface area contributed by atoms with Gasteiger partial charge in [0.2, 0.25) is 5.91 Å². The Bertz CT molecular complexity index is 560. The number of thiophene rings is 1. The van der Waals surface area contributed by atoms with Gasteiger partial charge < -0.3 is 11.1 Å². The summed E-state index contributed by atoms with van der Waals surface area (Å²) in [5.41, 5.74) is 6.00. The maximum Gasteiger partial charge on any atom is 0.244 e. The molecule has 1 aromatic carbocycles. The van der Waals surface area contributed by atoms with Crippen molar-refractivity contribution in [2.75, 3.05) is 5.32 Å². The molecule has 4 heteroatoms. The van der Waals surface area contributed by atoms with Crippen LogP contribution in [0.2, 0.25) is 0 Å². The summed E-state index contributed by atoms with van der Waals surface area (Å²) < 4.78 is 1.22. The number of nitrogens with one attached hydrogen (secondary N) is 1. The van der Waals surface area contributed by atoms with Gasteiger partial charge in [0, 0.05) is 10.4 Å². The van der Waals surface area contributed by atoms with E-state index in [9.17, 15) is 4.79 Å². The van der Waals surface area contributed by atoms with Crippen molar-refractivity contribution in [3.05, 3.63) is 29.6 Å². The summed E-state index contributed by atoms with van der Waals surface area (Å²) in [4.78, 5) is 12.1. The van der Waals surface area contributed by atoms with Crippen molar-refractivity contribution < 1.29 is 4.79 Å². The number of anilines is 1. The molecular formula is C14H18N2OS. The average Bonchev–Trinajstić information content (AvgIpc) is 2.76. The highest BCUT2D eigenvalue weighted by Gasteiger charge is 2.27. The zero-order valence-electron chi connectivity index (χ0n) is 10.7. The first-order valence-electron chi connectivity index (χ1n) is 6.10. The number of hydrogen-bond donors (Lipinski definition) is 2. The highest BCUT2D eigenvalue weighted by atomic mass is 32.1. The lowest BCUT2D eigenvalue weighted by atomic mass is 9.96. The van der Waals surface area contributed by atoms with Crippen LogP contribution in [0.1, 0.15) is 26.7 Å². The summed E-state index contributed by atoms with van der Waals surface area (Å²) in [5.74, 6) is -0.126. The Hall–Kier alpha value is -1.39. The smallest absolute Gasteiger partial charge is 0.244 e. The van der Waals surface area contributed by atoms with Crippen molar-refractivity contribution >= 4 is 33.0 Å². The topological polar surface area (TPSA) is 55.1 Å². The van der Waals surface area contributed by atoms with Gasteiger partial charge in [0.05, 0.1) is 5.54 Å². The van der Waals surface area contributed by atoms with Gasteiger partial charge in [0.1, 0.15) is 0 Å². The molecule has 0 saturated carbocycles. The third-order valence-electron chi connectivity index (χ3n) is 3.00. The Morgan fingerprint density at radius 3 is 2.94 bits per heavy atom. The van der Waals surface area contributed by atoms with E-state index in [1.165, 1.54) is 4.70 Å². The van der Waals surface area contributed by atoms with Crippen LogP contribution in [-0.4, -0.2) is 11.4 Å². The lowest BCUT2D eigenvalue weighted by Crippen LogP contribution is -2.48. The number of amides is 1. The average molecular weight is 262 g/mol. The van der Waals surface area contributed by atoms with E-state index in [0.29, 0.717) is 6.42 Å². The van der Waals surface area contributed by atoms with Crippen LogP contribution in [0.5, 0.6) is 0 Å². The summed E-state index contributed by atoms with van der Waals surface area (Å²) in [5, 5.41) is 6.08. The Kier molecular flexibility index (Phi) is 3.68. The molecule has 0 aliphatic rings. The van der Waals surface area contributed by atoms with Gasteiger partial charge in [-0.1, -0.05) is 13.3 Å². The van der Waals surface area contributed by atoms with Gasteiger partial charge in [-0.05, 0) is 48.4 Å². The Balaban J connectivity index is 2.15. The summed E-state index contributed by atoms with van der Waals surface area (Å²) in [6.45, 7) is 3.80. The number of nitrogens with two attached hydrogens (primary N) is 1. The summed E-state index contributed by atoms with van der Waals surface area (Å²) in [7, 11) is 0. The molecule has 18 heavy (non-hydrogen) atoms. The van der Waals surface area contributed by atoms with E-state index in [1.807, 2.05) is 36.6 Å². The van der Waals surface area contributed by atoms with Crippen molar-refractivity contribution in [2.24, 2.45) is 5.73 Å². The fourth-order valence-electron chi connectivity index (χ4n) is 1.95. The van der Waals surface area contributed by atoms with Crippen LogP contribution < -0.4 is 11.1 Å². The predicted octanol–water partition coefficient (Wildman–Crippen LogP) is 3.36. The Labute approximate surface area is 111 Å². The molecule has 0 aliphatic carbocycles. The normalized spacial score (nSPS) is 14.4. The second-order valence-electron chi connectivity index (χ2n) is 4.79. The molecule has 0 spiro atoms. The largest absolute Gasteiger partial charge is 0.324 e. The fraction of sp³-hybridized carbons (Fsp3) is 0.357. The van der Waals surface area contributed by atoms with Crippen LogP contribution in [0, 0.1) is 0 Å². The number of rotatable bonds is 4. The highest BCUT2D eigenvalue weighted by molar-refractivity contribution is 7.17. The second-order valence-corrected chi connectivity index (χ2v) is 5.74. The predicted molar refractivity (Wildman–Crippen MR) is 78.0 cm³/mol. The molecule has 0 bridgehead atoms. The molecule has 0 aliphatic heterocycles. The van der Waals surface area contributed by atoms with E-state index < -0.39 is 5.54 Å². The van der Waals surface area contributed by atoms with Gasteiger partial charge in [-0.15, -0.1) is 11.3 Å². The summed E-state index contributed by atoms with van der Waals surface area (Å²) >= 11 is 1.69. The van der Waals surface area contributed by atoms with Gasteiger partial charge in [0.15, 0.2) is 0 Å². The van der Waals surface area contributed by atoms with Crippen molar-refractivity contribution in [2.45, 2.75) is 32.2 Å². The molecule has 0 radical (unpaired) electrons. The highest BCUT2D eigenvalue weighted by Crippen LogP contribution is 2.24. The van der Waals surface area contributed by atoms with Crippen molar-refractivity contribution in [3.8, 4) is 0 Å². The van der Waals surface area contributed by atoms with E-state index >= 15 is 0 Å². The maximum atomic E-state index is 12.1. The monoisotopic (exact) mass is 262 g/mol. The molecule has 3 nitrogen and oxygen atoms in total. The number of benzene rings is 1. The molecule has 2 rings (SSSR count). The number of carbonyl (C=O) groups is 1. The lowest BCUT2D eigenvalue weighted by Gasteiger charge is -2.22. The SMILES string of the molecule is CCCC(C)(N)C(=O)Nc1ccc2sccc2c1. The minimum Gasteiger partial charge on any atom is -0.324 e. The van der Waals surface area contributed by atoms with E-state index in [4.69, 9.17) is 5.73 Å². The first-order chi connectivity index (χ1) is 8.53. The Morgan fingerprint density at radius 1 is 1.44 bits per heavy atom. The molecule has 1 unspecified atom stereocenters. The van der Waals surface area contributed by atoms with Crippen LogP contribution in [0.15, 0.2) is 29.6 Å². The fourth-order valence-corrected chi connectivity index (χ4v) is 2.72. The van der Waals surface area contributed by atoms with Gasteiger partial charge in [0.25, 0.3) is 0 Å². The van der Waals surface area contributed by atoms with Crippen molar-refractivity contribution in [1.29, 1.82) is 0 Å². The molecule has 3 N–H and O–H groups in total. The zero-order chi connectivity index (χ0) is 13.2. The summed E-state index contributed by atoms with van der Waals surface area (Å²) in [6.07, 6.45) is 1.57.